The quantitative estimate of drug-likeness (QED) is 0.245. The van der Waals surface area contributed by atoms with Gasteiger partial charge in [0.25, 0.3) is 0 Å². The van der Waals surface area contributed by atoms with E-state index in [2.05, 4.69) is 27.7 Å². The average Bonchev–Trinajstić information content (AvgIpc) is 2.31. The van der Waals surface area contributed by atoms with E-state index in [-0.39, 0.29) is 33.0 Å². The van der Waals surface area contributed by atoms with Gasteiger partial charge in [-0.1, -0.05) is 78.1 Å². The molecule has 0 aliphatic rings. The van der Waals surface area contributed by atoms with Crippen LogP contribution in [0.15, 0.2) is 0 Å². The van der Waals surface area contributed by atoms with Crippen LogP contribution in [0.4, 0.5) is 0 Å². The molecule has 0 atom stereocenters. The average molecular weight is 326 g/mol. The van der Waals surface area contributed by atoms with Crippen LogP contribution in [-0.4, -0.2) is 0 Å². The SMILES string of the molecule is S.[CH2-]CCCCCCC.[CH2-]CCCCCCC.[Zn+2]. The molecular weight excluding hydrogens is 290 g/mol. The molecular formula is C16H36SZn. The Labute approximate surface area is 137 Å². The molecule has 0 bridgehead atoms. The number of hydrogen-bond donors (Lipinski definition) is 0. The van der Waals surface area contributed by atoms with Crippen LogP contribution in [0.5, 0.6) is 0 Å². The van der Waals surface area contributed by atoms with Gasteiger partial charge in [-0.15, -0.1) is 0 Å². The minimum atomic E-state index is 0. The maximum absolute atomic E-state index is 3.78. The maximum Gasteiger partial charge on any atom is 2.00 e. The Hall–Kier alpha value is 0.973. The van der Waals surface area contributed by atoms with Gasteiger partial charge in [-0.3, -0.25) is 0 Å². The fraction of sp³-hybridized carbons (Fsp3) is 0.875. The van der Waals surface area contributed by atoms with Crippen molar-refractivity contribution in [3.8, 4) is 0 Å². The van der Waals surface area contributed by atoms with Crippen molar-refractivity contribution >= 4 is 13.5 Å². The smallest absolute Gasteiger partial charge is 0.343 e. The Morgan fingerprint density at radius 2 is 0.833 bits per heavy atom. The second-order valence-corrected chi connectivity index (χ2v) is 4.54. The van der Waals surface area contributed by atoms with Gasteiger partial charge in [0.1, 0.15) is 0 Å². The number of hydrogen-bond acceptors (Lipinski definition) is 0. The zero-order chi connectivity index (χ0) is 12.5. The molecule has 0 spiro atoms. The van der Waals surface area contributed by atoms with Gasteiger partial charge in [0.05, 0.1) is 0 Å². The molecule has 0 aliphatic heterocycles. The Balaban J connectivity index is -0.0000000980. The summed E-state index contributed by atoms with van der Waals surface area (Å²) in [6.07, 6.45) is 16.0. The maximum atomic E-state index is 3.78. The summed E-state index contributed by atoms with van der Waals surface area (Å²) in [5.41, 5.74) is 0. The van der Waals surface area contributed by atoms with Crippen LogP contribution < -0.4 is 0 Å². The second kappa shape index (κ2) is 30.8. The fourth-order valence-corrected chi connectivity index (χ4v) is 1.56. The molecule has 0 N–H and O–H groups in total. The number of unbranched alkanes of at least 4 members (excludes halogenated alkanes) is 10. The van der Waals surface area contributed by atoms with Gasteiger partial charge < -0.3 is 13.8 Å². The van der Waals surface area contributed by atoms with Crippen molar-refractivity contribution in [3.05, 3.63) is 13.8 Å². The zero-order valence-corrected chi connectivity index (χ0v) is 17.1. The third kappa shape index (κ3) is 36.0. The molecule has 0 rings (SSSR count). The largest absolute Gasteiger partial charge is 2.00 e. The molecule has 2 heteroatoms. The molecule has 0 aromatic heterocycles. The monoisotopic (exact) mass is 324 g/mol. The van der Waals surface area contributed by atoms with E-state index in [1.54, 1.807) is 0 Å². The first-order valence-electron chi connectivity index (χ1n) is 7.41. The van der Waals surface area contributed by atoms with Crippen LogP contribution in [0.1, 0.15) is 90.9 Å². The summed E-state index contributed by atoms with van der Waals surface area (Å²) in [6, 6.07) is 0. The van der Waals surface area contributed by atoms with Crippen molar-refractivity contribution in [2.24, 2.45) is 0 Å². The normalized spacial score (nSPS) is 8.67. The molecule has 0 amide bonds. The summed E-state index contributed by atoms with van der Waals surface area (Å²) in [7, 11) is 0. The van der Waals surface area contributed by atoms with Gasteiger partial charge in [-0.2, -0.15) is 26.3 Å². The minimum Gasteiger partial charge on any atom is -0.343 e. The van der Waals surface area contributed by atoms with Gasteiger partial charge >= 0.3 is 19.5 Å². The van der Waals surface area contributed by atoms with Crippen molar-refractivity contribution in [2.75, 3.05) is 0 Å². The molecule has 0 fully saturated rings. The topological polar surface area (TPSA) is 0 Å². The van der Waals surface area contributed by atoms with E-state index in [1.807, 2.05) is 0 Å². The van der Waals surface area contributed by atoms with E-state index in [0.29, 0.717) is 0 Å². The molecule has 0 saturated heterocycles. The van der Waals surface area contributed by atoms with E-state index in [4.69, 9.17) is 0 Å². The molecule has 0 saturated carbocycles. The van der Waals surface area contributed by atoms with Gasteiger partial charge in [0.15, 0.2) is 0 Å². The first kappa shape index (κ1) is 27.3. The Bertz CT molecular complexity index is 73.1. The number of rotatable bonds is 10. The van der Waals surface area contributed by atoms with Crippen molar-refractivity contribution < 1.29 is 19.5 Å². The standard InChI is InChI=1S/2C8H17.H2S.Zn/c2*1-3-5-7-8-6-4-2;;/h2*1,3-8H2,2H3;1H2;/q2*-1;;+2. The zero-order valence-electron chi connectivity index (χ0n) is 13.1. The Morgan fingerprint density at radius 3 is 1.06 bits per heavy atom. The molecule has 0 nitrogen and oxygen atoms in total. The summed E-state index contributed by atoms with van der Waals surface area (Å²) in [5.74, 6) is 0. The van der Waals surface area contributed by atoms with Crippen molar-refractivity contribution in [1.29, 1.82) is 0 Å². The van der Waals surface area contributed by atoms with E-state index in [1.165, 1.54) is 64.2 Å². The van der Waals surface area contributed by atoms with E-state index in [0.717, 1.165) is 12.8 Å². The minimum absolute atomic E-state index is 0. The fourth-order valence-electron chi connectivity index (χ4n) is 1.56. The van der Waals surface area contributed by atoms with Gasteiger partial charge in [-0.25, -0.2) is 0 Å². The van der Waals surface area contributed by atoms with Crippen LogP contribution in [0, 0.1) is 13.8 Å². The molecule has 18 heavy (non-hydrogen) atoms. The third-order valence-electron chi connectivity index (χ3n) is 2.71. The first-order chi connectivity index (χ1) is 7.83. The summed E-state index contributed by atoms with van der Waals surface area (Å²) >= 11 is 0. The van der Waals surface area contributed by atoms with Crippen LogP contribution in [0.25, 0.3) is 0 Å². The molecule has 0 radical (unpaired) electrons. The molecule has 0 aromatic carbocycles. The summed E-state index contributed by atoms with van der Waals surface area (Å²) in [6.45, 7) is 12.0. The summed E-state index contributed by atoms with van der Waals surface area (Å²) in [4.78, 5) is 0. The molecule has 0 unspecified atom stereocenters. The first-order valence-corrected chi connectivity index (χ1v) is 7.41. The van der Waals surface area contributed by atoms with Crippen LogP contribution in [-0.2, 0) is 19.5 Å². The second-order valence-electron chi connectivity index (χ2n) is 4.54. The Kier molecular flexibility index (Phi) is 46.7. The summed E-state index contributed by atoms with van der Waals surface area (Å²) < 4.78 is 0. The van der Waals surface area contributed by atoms with Crippen LogP contribution >= 0.6 is 13.5 Å². The van der Waals surface area contributed by atoms with Gasteiger partial charge in [-0.05, 0) is 0 Å². The molecule has 0 aromatic rings. The molecule has 0 aliphatic carbocycles. The predicted octanol–water partition coefficient (Wildman–Crippen LogP) is 6.47. The van der Waals surface area contributed by atoms with E-state index in [9.17, 15) is 0 Å². The van der Waals surface area contributed by atoms with Gasteiger partial charge in [0, 0.05) is 0 Å². The van der Waals surface area contributed by atoms with E-state index >= 15 is 0 Å². The Morgan fingerprint density at radius 1 is 0.556 bits per heavy atom. The van der Waals surface area contributed by atoms with Gasteiger partial charge in [0.2, 0.25) is 0 Å². The molecule has 0 heterocycles. The summed E-state index contributed by atoms with van der Waals surface area (Å²) in [5, 5.41) is 0. The van der Waals surface area contributed by atoms with E-state index < -0.39 is 0 Å². The van der Waals surface area contributed by atoms with Crippen molar-refractivity contribution in [1.82, 2.24) is 0 Å². The van der Waals surface area contributed by atoms with Crippen LogP contribution in [0.2, 0.25) is 0 Å². The third-order valence-corrected chi connectivity index (χ3v) is 2.71. The van der Waals surface area contributed by atoms with Crippen LogP contribution in [0.3, 0.4) is 0 Å². The van der Waals surface area contributed by atoms with Crippen molar-refractivity contribution in [3.63, 3.8) is 0 Å². The predicted molar refractivity (Wildman–Crippen MR) is 87.8 cm³/mol. The van der Waals surface area contributed by atoms with Crippen molar-refractivity contribution in [2.45, 2.75) is 90.9 Å². The molecule has 108 valence electrons.